The van der Waals surface area contributed by atoms with Crippen LogP contribution in [0.25, 0.3) is 11.3 Å². The Hall–Kier alpha value is -3.64. The second-order valence-electron chi connectivity index (χ2n) is 7.41. The number of anilines is 2. The monoisotopic (exact) mass is 440 g/mol. The van der Waals surface area contributed by atoms with Crippen LogP contribution >= 0.6 is 11.8 Å². The molecular formula is C26H24N4OS. The summed E-state index contributed by atoms with van der Waals surface area (Å²) in [7, 11) is 0. The zero-order valence-electron chi connectivity index (χ0n) is 18.0. The van der Waals surface area contributed by atoms with Gasteiger partial charge in [-0.15, -0.1) is 22.0 Å². The van der Waals surface area contributed by atoms with Crippen molar-refractivity contribution in [2.45, 2.75) is 18.4 Å². The fourth-order valence-electron chi connectivity index (χ4n) is 3.19. The molecule has 1 aromatic heterocycles. The Balaban J connectivity index is 1.38. The third kappa shape index (κ3) is 5.53. The average molecular weight is 441 g/mol. The molecule has 0 saturated carbocycles. The first-order valence-electron chi connectivity index (χ1n) is 10.3. The SMILES string of the molecule is CSc1ccc(CNC(=O)c2cccc(Nc3ccc(-c4ccc(C)cc4)nn3)c2)cc1. The third-order valence-corrected chi connectivity index (χ3v) is 5.76. The van der Waals surface area contributed by atoms with E-state index < -0.39 is 0 Å². The van der Waals surface area contributed by atoms with Crippen LogP contribution in [0.4, 0.5) is 11.5 Å². The van der Waals surface area contributed by atoms with E-state index >= 15 is 0 Å². The smallest absolute Gasteiger partial charge is 0.251 e. The average Bonchev–Trinajstić information content (AvgIpc) is 2.84. The van der Waals surface area contributed by atoms with Gasteiger partial charge in [-0.25, -0.2) is 0 Å². The lowest BCUT2D eigenvalue weighted by Gasteiger charge is -2.09. The van der Waals surface area contributed by atoms with E-state index in [1.165, 1.54) is 10.5 Å². The molecule has 1 amide bonds. The number of benzene rings is 3. The predicted octanol–water partition coefficient (Wildman–Crippen LogP) is 5.85. The van der Waals surface area contributed by atoms with Crippen LogP contribution in [0.5, 0.6) is 0 Å². The molecule has 0 bridgehead atoms. The number of nitrogens with zero attached hydrogens (tertiary/aromatic N) is 2. The molecule has 0 saturated heterocycles. The first kappa shape index (κ1) is 21.6. The molecule has 0 radical (unpaired) electrons. The van der Waals surface area contributed by atoms with Crippen molar-refractivity contribution in [3.05, 3.63) is 102 Å². The van der Waals surface area contributed by atoms with Crippen LogP contribution in [0.1, 0.15) is 21.5 Å². The Kier molecular flexibility index (Phi) is 6.82. The lowest BCUT2D eigenvalue weighted by molar-refractivity contribution is 0.0951. The van der Waals surface area contributed by atoms with Crippen molar-refractivity contribution in [2.75, 3.05) is 11.6 Å². The molecule has 5 nitrogen and oxygen atoms in total. The van der Waals surface area contributed by atoms with Crippen LogP contribution in [0, 0.1) is 6.92 Å². The zero-order chi connectivity index (χ0) is 22.3. The molecule has 6 heteroatoms. The molecule has 4 rings (SSSR count). The summed E-state index contributed by atoms with van der Waals surface area (Å²) in [4.78, 5) is 13.8. The summed E-state index contributed by atoms with van der Waals surface area (Å²) in [5.74, 6) is 0.496. The molecule has 4 aromatic rings. The van der Waals surface area contributed by atoms with Crippen molar-refractivity contribution in [3.63, 3.8) is 0 Å². The molecule has 0 unspecified atom stereocenters. The van der Waals surface area contributed by atoms with Gasteiger partial charge in [0.15, 0.2) is 5.82 Å². The molecule has 0 aliphatic rings. The summed E-state index contributed by atoms with van der Waals surface area (Å²) in [5.41, 5.74) is 5.47. The van der Waals surface area contributed by atoms with Crippen molar-refractivity contribution in [3.8, 4) is 11.3 Å². The number of hydrogen-bond donors (Lipinski definition) is 2. The topological polar surface area (TPSA) is 66.9 Å². The fourth-order valence-corrected chi connectivity index (χ4v) is 3.60. The highest BCUT2D eigenvalue weighted by Gasteiger charge is 2.07. The van der Waals surface area contributed by atoms with Gasteiger partial charge < -0.3 is 10.6 Å². The highest BCUT2D eigenvalue weighted by atomic mass is 32.2. The van der Waals surface area contributed by atoms with Crippen LogP contribution in [0.3, 0.4) is 0 Å². The zero-order valence-corrected chi connectivity index (χ0v) is 18.8. The Bertz CT molecular complexity index is 1190. The first-order chi connectivity index (χ1) is 15.6. The lowest BCUT2D eigenvalue weighted by atomic mass is 10.1. The van der Waals surface area contributed by atoms with Crippen molar-refractivity contribution >= 4 is 29.2 Å². The van der Waals surface area contributed by atoms with Crippen LogP contribution in [0.15, 0.2) is 89.8 Å². The predicted molar refractivity (Wildman–Crippen MR) is 131 cm³/mol. The maximum Gasteiger partial charge on any atom is 0.251 e. The molecule has 3 aromatic carbocycles. The quantitative estimate of drug-likeness (QED) is 0.353. The maximum absolute atomic E-state index is 12.6. The van der Waals surface area contributed by atoms with E-state index in [2.05, 4.69) is 52.0 Å². The van der Waals surface area contributed by atoms with E-state index in [1.807, 2.05) is 60.9 Å². The molecule has 2 N–H and O–H groups in total. The summed E-state index contributed by atoms with van der Waals surface area (Å²) >= 11 is 1.70. The second-order valence-corrected chi connectivity index (χ2v) is 8.29. The Morgan fingerprint density at radius 3 is 2.38 bits per heavy atom. The van der Waals surface area contributed by atoms with Gasteiger partial charge in [-0.3, -0.25) is 4.79 Å². The Morgan fingerprint density at radius 2 is 1.69 bits per heavy atom. The number of aryl methyl sites for hydroxylation is 1. The molecule has 0 fully saturated rings. The van der Waals surface area contributed by atoms with E-state index in [-0.39, 0.29) is 5.91 Å². The van der Waals surface area contributed by atoms with E-state index in [0.29, 0.717) is 17.9 Å². The van der Waals surface area contributed by atoms with Gasteiger partial charge in [0.25, 0.3) is 5.91 Å². The highest BCUT2D eigenvalue weighted by molar-refractivity contribution is 7.98. The van der Waals surface area contributed by atoms with Gasteiger partial charge in [0.1, 0.15) is 0 Å². The van der Waals surface area contributed by atoms with Gasteiger partial charge in [-0.2, -0.15) is 0 Å². The van der Waals surface area contributed by atoms with Gasteiger partial charge in [0.2, 0.25) is 0 Å². The van der Waals surface area contributed by atoms with Crippen molar-refractivity contribution < 1.29 is 4.79 Å². The highest BCUT2D eigenvalue weighted by Crippen LogP contribution is 2.20. The molecule has 0 atom stereocenters. The van der Waals surface area contributed by atoms with Gasteiger partial charge >= 0.3 is 0 Å². The minimum absolute atomic E-state index is 0.122. The van der Waals surface area contributed by atoms with Crippen LogP contribution in [-0.2, 0) is 6.54 Å². The summed E-state index contributed by atoms with van der Waals surface area (Å²) in [6.45, 7) is 2.54. The molecule has 0 aliphatic carbocycles. The maximum atomic E-state index is 12.6. The summed E-state index contributed by atoms with van der Waals surface area (Å²) in [5, 5.41) is 14.8. The van der Waals surface area contributed by atoms with Crippen molar-refractivity contribution in [1.29, 1.82) is 0 Å². The van der Waals surface area contributed by atoms with Crippen LogP contribution in [0.2, 0.25) is 0 Å². The standard InChI is InChI=1S/C26H24N4OS/c1-18-6-10-20(11-7-18)24-14-15-25(30-29-24)28-22-5-3-4-21(16-22)26(31)27-17-19-8-12-23(32-2)13-9-19/h3-16H,17H2,1-2H3,(H,27,31)(H,28,30). The number of rotatable bonds is 7. The first-order valence-corrected chi connectivity index (χ1v) is 11.5. The van der Waals surface area contributed by atoms with Crippen LogP contribution in [-0.4, -0.2) is 22.4 Å². The van der Waals surface area contributed by atoms with E-state index in [9.17, 15) is 4.79 Å². The molecule has 160 valence electrons. The fraction of sp³-hybridized carbons (Fsp3) is 0.115. The number of aromatic nitrogens is 2. The number of amides is 1. The van der Waals surface area contributed by atoms with Gasteiger partial charge in [0.05, 0.1) is 5.69 Å². The Morgan fingerprint density at radius 1 is 0.906 bits per heavy atom. The largest absolute Gasteiger partial charge is 0.348 e. The van der Waals surface area contributed by atoms with Gasteiger partial charge in [-0.05, 0) is 61.2 Å². The number of carbonyl (C=O) groups excluding carboxylic acids is 1. The van der Waals surface area contributed by atoms with E-state index in [1.54, 1.807) is 17.8 Å². The molecule has 0 spiro atoms. The number of hydrogen-bond acceptors (Lipinski definition) is 5. The van der Waals surface area contributed by atoms with E-state index in [0.717, 1.165) is 22.5 Å². The summed E-state index contributed by atoms with van der Waals surface area (Å²) in [6, 6.07) is 27.5. The normalized spacial score (nSPS) is 10.6. The third-order valence-electron chi connectivity index (χ3n) is 5.02. The van der Waals surface area contributed by atoms with Crippen molar-refractivity contribution in [2.24, 2.45) is 0 Å². The summed E-state index contributed by atoms with van der Waals surface area (Å²) in [6.07, 6.45) is 2.04. The number of thioether (sulfide) groups is 1. The van der Waals surface area contributed by atoms with E-state index in [4.69, 9.17) is 0 Å². The second kappa shape index (κ2) is 10.1. The molecule has 1 heterocycles. The minimum Gasteiger partial charge on any atom is -0.348 e. The number of nitrogens with one attached hydrogen (secondary N) is 2. The molecular weight excluding hydrogens is 416 g/mol. The lowest BCUT2D eigenvalue weighted by Crippen LogP contribution is -2.22. The van der Waals surface area contributed by atoms with Gasteiger partial charge in [0, 0.05) is 28.3 Å². The number of carbonyl (C=O) groups is 1. The summed E-state index contributed by atoms with van der Waals surface area (Å²) < 4.78 is 0. The van der Waals surface area contributed by atoms with Crippen molar-refractivity contribution in [1.82, 2.24) is 15.5 Å². The molecule has 32 heavy (non-hydrogen) atoms. The molecule has 0 aliphatic heterocycles. The minimum atomic E-state index is -0.122. The van der Waals surface area contributed by atoms with Crippen LogP contribution < -0.4 is 10.6 Å². The Labute approximate surface area is 192 Å². The van der Waals surface area contributed by atoms with Gasteiger partial charge in [-0.1, -0.05) is 48.0 Å².